The molecule has 0 unspecified atom stereocenters. The molecule has 0 atom stereocenters. The van der Waals surface area contributed by atoms with E-state index in [9.17, 15) is 9.59 Å². The summed E-state index contributed by atoms with van der Waals surface area (Å²) in [7, 11) is 0. The van der Waals surface area contributed by atoms with Gasteiger partial charge >= 0.3 is 0 Å². The van der Waals surface area contributed by atoms with E-state index in [1.807, 2.05) is 49.4 Å². The predicted octanol–water partition coefficient (Wildman–Crippen LogP) is 3.52. The molecule has 5 rings (SSSR count). The van der Waals surface area contributed by atoms with Gasteiger partial charge in [0, 0.05) is 45.3 Å². The molecule has 0 bridgehead atoms. The number of hydrogen-bond donors (Lipinski definition) is 3. The molecule has 3 N–H and O–H groups in total. The summed E-state index contributed by atoms with van der Waals surface area (Å²) in [5.74, 6) is -0.729. The normalized spacial score (nSPS) is 14.7. The van der Waals surface area contributed by atoms with Crippen molar-refractivity contribution in [3.8, 4) is 0 Å². The van der Waals surface area contributed by atoms with Crippen molar-refractivity contribution in [1.29, 1.82) is 0 Å². The number of fused-ring (bicyclic) bond motifs is 2. The van der Waals surface area contributed by atoms with Crippen molar-refractivity contribution in [3.63, 3.8) is 0 Å². The van der Waals surface area contributed by atoms with Gasteiger partial charge in [-0.25, -0.2) is 0 Å². The maximum atomic E-state index is 12.6. The minimum absolute atomic E-state index is 0.364. The van der Waals surface area contributed by atoms with E-state index >= 15 is 0 Å². The first-order valence-corrected chi connectivity index (χ1v) is 8.38. The summed E-state index contributed by atoms with van der Waals surface area (Å²) in [6.45, 7) is 2.02. The number of rotatable bonds is 2. The Morgan fingerprint density at radius 3 is 2.08 bits per heavy atom. The lowest BCUT2D eigenvalue weighted by Crippen LogP contribution is -2.22. The van der Waals surface area contributed by atoms with Gasteiger partial charge in [0.15, 0.2) is 0 Å². The molecule has 2 aromatic carbocycles. The Morgan fingerprint density at radius 1 is 0.731 bits per heavy atom. The zero-order valence-electron chi connectivity index (χ0n) is 14.0. The Kier molecular flexibility index (Phi) is 2.94. The number of carbonyl (C=O) groups excluding carboxylic acids is 2. The van der Waals surface area contributed by atoms with Crippen LogP contribution in [0.15, 0.2) is 54.9 Å². The van der Waals surface area contributed by atoms with Crippen LogP contribution in [0.25, 0.3) is 33.0 Å². The number of benzene rings is 2. The predicted molar refractivity (Wildman–Crippen MR) is 101 cm³/mol. The Labute approximate surface area is 148 Å². The number of hydrogen-bond acceptors (Lipinski definition) is 2. The number of carbonyl (C=O) groups is 2. The third-order valence-electron chi connectivity index (χ3n) is 4.90. The molecule has 0 fully saturated rings. The van der Waals surface area contributed by atoms with Crippen molar-refractivity contribution in [3.05, 3.63) is 71.5 Å². The summed E-state index contributed by atoms with van der Waals surface area (Å²) < 4.78 is 0. The van der Waals surface area contributed by atoms with Crippen molar-refractivity contribution in [2.75, 3.05) is 0 Å². The number of amides is 2. The van der Waals surface area contributed by atoms with Crippen molar-refractivity contribution >= 4 is 44.8 Å². The second-order valence-electron chi connectivity index (χ2n) is 6.53. The molecule has 2 amide bonds. The van der Waals surface area contributed by atoms with Gasteiger partial charge in [0.05, 0.1) is 11.1 Å². The fourth-order valence-electron chi connectivity index (χ4n) is 3.69. The molecule has 5 heteroatoms. The molecule has 3 heterocycles. The second kappa shape index (κ2) is 5.20. The highest BCUT2D eigenvalue weighted by molar-refractivity contribution is 6.50. The van der Waals surface area contributed by atoms with Gasteiger partial charge in [-0.1, -0.05) is 30.3 Å². The van der Waals surface area contributed by atoms with Gasteiger partial charge in [-0.05, 0) is 24.6 Å². The lowest BCUT2D eigenvalue weighted by atomic mass is 9.95. The number of aryl methyl sites for hydroxylation is 1. The number of nitrogens with one attached hydrogen (secondary N) is 3. The molecule has 126 valence electrons. The lowest BCUT2D eigenvalue weighted by Gasteiger charge is -2.03. The summed E-state index contributed by atoms with van der Waals surface area (Å²) >= 11 is 0. The zero-order valence-corrected chi connectivity index (χ0v) is 14.0. The molecule has 0 spiro atoms. The first kappa shape index (κ1) is 14.7. The first-order chi connectivity index (χ1) is 12.6. The van der Waals surface area contributed by atoms with Gasteiger partial charge in [-0.2, -0.15) is 0 Å². The van der Waals surface area contributed by atoms with Gasteiger partial charge in [0.2, 0.25) is 0 Å². The summed E-state index contributed by atoms with van der Waals surface area (Å²) in [4.78, 5) is 31.6. The lowest BCUT2D eigenvalue weighted by molar-refractivity contribution is -0.122. The van der Waals surface area contributed by atoms with E-state index in [2.05, 4.69) is 15.3 Å². The van der Waals surface area contributed by atoms with Crippen LogP contribution in [0.1, 0.15) is 16.7 Å². The minimum Gasteiger partial charge on any atom is -0.361 e. The summed E-state index contributed by atoms with van der Waals surface area (Å²) in [5.41, 5.74) is 5.30. The number of aromatic nitrogens is 2. The molecule has 1 aliphatic heterocycles. The van der Waals surface area contributed by atoms with E-state index in [0.717, 1.165) is 38.5 Å². The molecule has 0 saturated heterocycles. The van der Waals surface area contributed by atoms with Crippen LogP contribution in [-0.4, -0.2) is 21.8 Å². The van der Waals surface area contributed by atoms with Gasteiger partial charge in [-0.15, -0.1) is 0 Å². The molecular formula is C21H15N3O2. The molecular weight excluding hydrogens is 326 g/mol. The third kappa shape index (κ3) is 1.97. The molecule has 26 heavy (non-hydrogen) atoms. The molecule has 0 aliphatic carbocycles. The minimum atomic E-state index is -0.365. The van der Waals surface area contributed by atoms with Gasteiger partial charge in [-0.3, -0.25) is 14.9 Å². The smallest absolute Gasteiger partial charge is 0.259 e. The maximum Gasteiger partial charge on any atom is 0.259 e. The highest BCUT2D eigenvalue weighted by atomic mass is 16.2. The summed E-state index contributed by atoms with van der Waals surface area (Å²) in [6, 6.07) is 13.7. The van der Waals surface area contributed by atoms with Crippen LogP contribution in [0, 0.1) is 6.92 Å². The van der Waals surface area contributed by atoms with Crippen LogP contribution < -0.4 is 5.32 Å². The van der Waals surface area contributed by atoms with Crippen LogP contribution in [0.4, 0.5) is 0 Å². The molecule has 0 saturated carbocycles. The molecule has 5 nitrogen and oxygen atoms in total. The fourth-order valence-corrected chi connectivity index (χ4v) is 3.69. The van der Waals surface area contributed by atoms with E-state index in [0.29, 0.717) is 11.1 Å². The van der Waals surface area contributed by atoms with E-state index in [1.54, 1.807) is 12.4 Å². The summed E-state index contributed by atoms with van der Waals surface area (Å²) in [6.07, 6.45) is 3.59. The quantitative estimate of drug-likeness (QED) is 0.488. The van der Waals surface area contributed by atoms with Gasteiger partial charge in [0.25, 0.3) is 11.8 Å². The molecule has 0 radical (unpaired) electrons. The van der Waals surface area contributed by atoms with Crippen molar-refractivity contribution < 1.29 is 9.59 Å². The maximum absolute atomic E-state index is 12.6. The Balaban J connectivity index is 1.83. The van der Waals surface area contributed by atoms with E-state index < -0.39 is 0 Å². The van der Waals surface area contributed by atoms with E-state index in [-0.39, 0.29) is 11.8 Å². The molecule has 2 aromatic heterocycles. The fraction of sp³-hybridized carbons (Fsp3) is 0.0476. The SMILES string of the molecule is Cc1ccc2c(C3=C(c4c[nH]c5ccccc45)C(=O)NC3=O)c[nH]c2c1. The average molecular weight is 341 g/mol. The van der Waals surface area contributed by atoms with E-state index in [1.165, 1.54) is 0 Å². The van der Waals surface area contributed by atoms with Crippen LogP contribution in [0.3, 0.4) is 0 Å². The van der Waals surface area contributed by atoms with Crippen molar-refractivity contribution in [1.82, 2.24) is 15.3 Å². The van der Waals surface area contributed by atoms with Gasteiger partial charge in [0.1, 0.15) is 0 Å². The van der Waals surface area contributed by atoms with Crippen LogP contribution >= 0.6 is 0 Å². The first-order valence-electron chi connectivity index (χ1n) is 8.38. The number of H-pyrrole nitrogens is 2. The Hall–Kier alpha value is -3.60. The van der Waals surface area contributed by atoms with E-state index in [4.69, 9.17) is 0 Å². The topological polar surface area (TPSA) is 77.8 Å². The van der Waals surface area contributed by atoms with Crippen LogP contribution in [-0.2, 0) is 9.59 Å². The summed E-state index contributed by atoms with van der Waals surface area (Å²) in [5, 5.41) is 4.30. The van der Waals surface area contributed by atoms with Crippen LogP contribution in [0.5, 0.6) is 0 Å². The number of aromatic amines is 2. The van der Waals surface area contributed by atoms with Gasteiger partial charge < -0.3 is 9.97 Å². The Bertz CT molecular complexity index is 1260. The standard InChI is InChI=1S/C21H15N3O2/c1-11-6-7-13-15(10-23-17(13)8-11)19-18(20(25)24-21(19)26)14-9-22-16-5-3-2-4-12(14)16/h2-10,22-23H,1H3,(H,24,25,26). The van der Waals surface area contributed by atoms with Crippen molar-refractivity contribution in [2.45, 2.75) is 6.92 Å². The third-order valence-corrected chi connectivity index (χ3v) is 4.90. The Morgan fingerprint density at radius 2 is 1.35 bits per heavy atom. The average Bonchev–Trinajstić information content (AvgIpc) is 3.29. The molecule has 1 aliphatic rings. The van der Waals surface area contributed by atoms with Crippen molar-refractivity contribution in [2.24, 2.45) is 0 Å². The highest BCUT2D eigenvalue weighted by Crippen LogP contribution is 2.37. The number of imide groups is 1. The second-order valence-corrected chi connectivity index (χ2v) is 6.53. The molecule has 4 aromatic rings. The number of para-hydroxylation sites is 1. The van der Waals surface area contributed by atoms with Crippen LogP contribution in [0.2, 0.25) is 0 Å². The zero-order chi connectivity index (χ0) is 17.8. The largest absolute Gasteiger partial charge is 0.361 e. The monoisotopic (exact) mass is 341 g/mol. The highest BCUT2D eigenvalue weighted by Gasteiger charge is 2.34.